The van der Waals surface area contributed by atoms with Crippen LogP contribution in [-0.4, -0.2) is 25.3 Å². The first-order chi connectivity index (χ1) is 8.67. The minimum absolute atomic E-state index is 0.0447. The van der Waals surface area contributed by atoms with Crippen LogP contribution in [0.3, 0.4) is 0 Å². The summed E-state index contributed by atoms with van der Waals surface area (Å²) in [7, 11) is 2.82. The summed E-state index contributed by atoms with van der Waals surface area (Å²) in [4.78, 5) is 11.5. The molecule has 94 valence electrons. The molecular formula is C12H12N2O4. The minimum atomic E-state index is -0.603. The molecule has 0 atom stereocenters. The highest BCUT2D eigenvalue weighted by atomic mass is 16.5. The number of rotatable bonds is 3. The van der Waals surface area contributed by atoms with Gasteiger partial charge in [-0.1, -0.05) is 17.3 Å². The highest BCUT2D eigenvalue weighted by Gasteiger charge is 2.22. The normalized spacial score (nSPS) is 10.1. The van der Waals surface area contributed by atoms with Crippen molar-refractivity contribution >= 4 is 11.9 Å². The summed E-state index contributed by atoms with van der Waals surface area (Å²) in [5.41, 5.74) is 6.80. The van der Waals surface area contributed by atoms with Gasteiger partial charge in [0.25, 0.3) is 0 Å². The molecule has 1 aromatic carbocycles. The predicted octanol–water partition coefficient (Wildman–Crippen LogP) is 1.72. The Morgan fingerprint density at radius 3 is 2.83 bits per heavy atom. The van der Waals surface area contributed by atoms with Crippen molar-refractivity contribution in [1.29, 1.82) is 0 Å². The quantitative estimate of drug-likeness (QED) is 0.832. The van der Waals surface area contributed by atoms with E-state index in [1.165, 1.54) is 7.11 Å². The fourth-order valence-corrected chi connectivity index (χ4v) is 1.60. The van der Waals surface area contributed by atoms with Crippen LogP contribution in [0.2, 0.25) is 0 Å². The molecule has 6 nitrogen and oxygen atoms in total. The lowest BCUT2D eigenvalue weighted by molar-refractivity contribution is 0.0590. The number of carbonyl (C=O) groups excluding carboxylic acids is 1. The van der Waals surface area contributed by atoms with E-state index in [4.69, 9.17) is 15.0 Å². The van der Waals surface area contributed by atoms with Crippen molar-refractivity contribution in [2.24, 2.45) is 0 Å². The summed E-state index contributed by atoms with van der Waals surface area (Å²) < 4.78 is 14.6. The van der Waals surface area contributed by atoms with Crippen molar-refractivity contribution < 1.29 is 18.8 Å². The van der Waals surface area contributed by atoms with Crippen LogP contribution in [0.15, 0.2) is 28.8 Å². The Kier molecular flexibility index (Phi) is 3.18. The number of nitrogens with zero attached hydrogens (tertiary/aromatic N) is 1. The molecular weight excluding hydrogens is 236 g/mol. The van der Waals surface area contributed by atoms with E-state index in [0.717, 1.165) is 0 Å². The number of anilines is 1. The zero-order valence-electron chi connectivity index (χ0n) is 9.97. The topological polar surface area (TPSA) is 87.6 Å². The van der Waals surface area contributed by atoms with Crippen LogP contribution >= 0.6 is 0 Å². The fraction of sp³-hybridized carbons (Fsp3) is 0.167. The Bertz CT molecular complexity index is 577. The number of nitrogens with two attached hydrogens (primary N) is 1. The van der Waals surface area contributed by atoms with Crippen molar-refractivity contribution in [2.75, 3.05) is 20.0 Å². The second-order valence-corrected chi connectivity index (χ2v) is 3.49. The highest BCUT2D eigenvalue weighted by molar-refractivity contribution is 5.97. The van der Waals surface area contributed by atoms with Gasteiger partial charge in [0.15, 0.2) is 0 Å². The summed E-state index contributed by atoms with van der Waals surface area (Å²) in [6.07, 6.45) is 0. The number of ether oxygens (including phenoxy) is 2. The second kappa shape index (κ2) is 4.79. The fourth-order valence-electron chi connectivity index (χ4n) is 1.60. The lowest BCUT2D eigenvalue weighted by Gasteiger charge is -2.04. The van der Waals surface area contributed by atoms with E-state index in [2.05, 4.69) is 9.89 Å². The lowest BCUT2D eigenvalue weighted by Crippen LogP contribution is -2.03. The molecule has 2 aromatic rings. The molecule has 0 aliphatic carbocycles. The molecule has 2 rings (SSSR count). The van der Waals surface area contributed by atoms with Crippen LogP contribution in [0.25, 0.3) is 11.1 Å². The first kappa shape index (κ1) is 12.0. The van der Waals surface area contributed by atoms with Crippen molar-refractivity contribution in [3.05, 3.63) is 30.0 Å². The van der Waals surface area contributed by atoms with Gasteiger partial charge in [-0.2, -0.15) is 0 Å². The van der Waals surface area contributed by atoms with Gasteiger partial charge in [-0.15, -0.1) is 0 Å². The minimum Gasteiger partial charge on any atom is -0.497 e. The molecule has 0 fully saturated rings. The lowest BCUT2D eigenvalue weighted by atomic mass is 10.1. The third kappa shape index (κ3) is 2.00. The molecule has 0 saturated heterocycles. The van der Waals surface area contributed by atoms with Gasteiger partial charge in [0.05, 0.1) is 19.8 Å². The van der Waals surface area contributed by atoms with Crippen LogP contribution in [0.4, 0.5) is 5.88 Å². The molecule has 1 aromatic heterocycles. The zero-order valence-corrected chi connectivity index (χ0v) is 9.97. The Morgan fingerprint density at radius 1 is 1.39 bits per heavy atom. The summed E-state index contributed by atoms with van der Waals surface area (Å²) in [5, 5.41) is 3.60. The summed E-state index contributed by atoms with van der Waals surface area (Å²) >= 11 is 0. The molecule has 0 amide bonds. The van der Waals surface area contributed by atoms with E-state index in [1.54, 1.807) is 31.4 Å². The molecule has 0 aliphatic heterocycles. The Labute approximate surface area is 103 Å². The second-order valence-electron chi connectivity index (χ2n) is 3.49. The first-order valence-electron chi connectivity index (χ1n) is 5.15. The van der Waals surface area contributed by atoms with E-state index in [9.17, 15) is 4.79 Å². The van der Waals surface area contributed by atoms with Crippen molar-refractivity contribution in [3.63, 3.8) is 0 Å². The smallest absolute Gasteiger partial charge is 0.361 e. The summed E-state index contributed by atoms with van der Waals surface area (Å²) in [5.74, 6) is 0.0980. The maximum Gasteiger partial charge on any atom is 0.361 e. The monoisotopic (exact) mass is 248 g/mol. The SMILES string of the molecule is COC(=O)c1noc(N)c1-c1cccc(OC)c1. The van der Waals surface area contributed by atoms with Crippen LogP contribution in [-0.2, 0) is 4.74 Å². The Hall–Kier alpha value is -2.50. The van der Waals surface area contributed by atoms with Crippen molar-refractivity contribution in [2.45, 2.75) is 0 Å². The van der Waals surface area contributed by atoms with Crippen LogP contribution in [0.5, 0.6) is 5.75 Å². The van der Waals surface area contributed by atoms with Crippen LogP contribution in [0.1, 0.15) is 10.5 Å². The van der Waals surface area contributed by atoms with Crippen LogP contribution in [0, 0.1) is 0 Å². The van der Waals surface area contributed by atoms with Gasteiger partial charge < -0.3 is 19.7 Å². The Morgan fingerprint density at radius 2 is 2.17 bits per heavy atom. The van der Waals surface area contributed by atoms with Gasteiger partial charge in [-0.25, -0.2) is 4.79 Å². The molecule has 0 spiro atoms. The van der Waals surface area contributed by atoms with Gasteiger partial charge >= 0.3 is 5.97 Å². The third-order valence-electron chi connectivity index (χ3n) is 2.46. The predicted molar refractivity (Wildman–Crippen MR) is 64.2 cm³/mol. The maximum atomic E-state index is 11.5. The molecule has 0 unspecified atom stereocenters. The number of benzene rings is 1. The number of carbonyl (C=O) groups is 1. The van der Waals surface area contributed by atoms with E-state index in [0.29, 0.717) is 16.9 Å². The number of nitrogen functional groups attached to an aromatic ring is 1. The molecule has 1 heterocycles. The van der Waals surface area contributed by atoms with Gasteiger partial charge in [0, 0.05) is 0 Å². The summed E-state index contributed by atoms with van der Waals surface area (Å²) in [6.45, 7) is 0. The van der Waals surface area contributed by atoms with Crippen LogP contribution < -0.4 is 10.5 Å². The molecule has 6 heteroatoms. The van der Waals surface area contributed by atoms with E-state index >= 15 is 0 Å². The number of hydrogen-bond acceptors (Lipinski definition) is 6. The molecule has 2 N–H and O–H groups in total. The molecule has 0 saturated carbocycles. The number of methoxy groups -OCH3 is 2. The molecule has 18 heavy (non-hydrogen) atoms. The zero-order chi connectivity index (χ0) is 13.1. The molecule has 0 bridgehead atoms. The average molecular weight is 248 g/mol. The van der Waals surface area contributed by atoms with Gasteiger partial charge in [0.2, 0.25) is 11.6 Å². The average Bonchev–Trinajstić information content (AvgIpc) is 2.79. The van der Waals surface area contributed by atoms with Gasteiger partial charge in [-0.3, -0.25) is 0 Å². The first-order valence-corrected chi connectivity index (χ1v) is 5.15. The van der Waals surface area contributed by atoms with E-state index in [-0.39, 0.29) is 11.6 Å². The third-order valence-corrected chi connectivity index (χ3v) is 2.46. The standard InChI is InChI=1S/C12H12N2O4/c1-16-8-5-3-4-7(6-8)9-10(12(15)17-2)14-18-11(9)13/h3-6H,13H2,1-2H3. The Balaban J connectivity index is 2.55. The van der Waals surface area contributed by atoms with Gasteiger partial charge in [0.1, 0.15) is 5.75 Å². The largest absolute Gasteiger partial charge is 0.497 e. The number of esters is 1. The maximum absolute atomic E-state index is 11.5. The highest BCUT2D eigenvalue weighted by Crippen LogP contribution is 2.32. The van der Waals surface area contributed by atoms with Crippen molar-refractivity contribution in [3.8, 4) is 16.9 Å². The number of aromatic nitrogens is 1. The van der Waals surface area contributed by atoms with E-state index in [1.807, 2.05) is 0 Å². The molecule has 0 radical (unpaired) electrons. The summed E-state index contributed by atoms with van der Waals surface area (Å²) in [6, 6.07) is 7.07. The van der Waals surface area contributed by atoms with Gasteiger partial charge in [-0.05, 0) is 17.7 Å². The van der Waals surface area contributed by atoms with Crippen molar-refractivity contribution in [1.82, 2.24) is 5.16 Å². The number of hydrogen-bond donors (Lipinski definition) is 1. The molecule has 0 aliphatic rings. The van der Waals surface area contributed by atoms with E-state index < -0.39 is 5.97 Å².